The van der Waals surface area contributed by atoms with Gasteiger partial charge in [0.2, 0.25) is 0 Å². The summed E-state index contributed by atoms with van der Waals surface area (Å²) >= 11 is 5.81. The van der Waals surface area contributed by atoms with Crippen LogP contribution in [0.15, 0.2) is 0 Å². The summed E-state index contributed by atoms with van der Waals surface area (Å²) in [5, 5.41) is -0.104. The van der Waals surface area contributed by atoms with Gasteiger partial charge in [-0.3, -0.25) is 0 Å². The van der Waals surface area contributed by atoms with E-state index in [2.05, 4.69) is 0 Å². The van der Waals surface area contributed by atoms with Gasteiger partial charge in [0, 0.05) is 18.5 Å². The first-order valence-electron chi connectivity index (χ1n) is 4.36. The van der Waals surface area contributed by atoms with E-state index in [0.717, 1.165) is 4.31 Å². The molecule has 1 heterocycles. The molecule has 1 aliphatic rings. The third-order valence-corrected chi connectivity index (χ3v) is 4.17. The average Bonchev–Trinajstić information content (AvgIpc) is 2.29. The van der Waals surface area contributed by atoms with E-state index in [1.807, 2.05) is 0 Å². The Bertz CT molecular complexity index is 283. The highest BCUT2D eigenvalue weighted by Crippen LogP contribution is 2.20. The molecule has 0 bridgehead atoms. The van der Waals surface area contributed by atoms with Crippen molar-refractivity contribution in [1.29, 1.82) is 0 Å². The third kappa shape index (κ3) is 2.77. The lowest BCUT2D eigenvalue weighted by atomic mass is 10.2. The first kappa shape index (κ1) is 12.1. The normalized spacial score (nSPS) is 26.4. The summed E-state index contributed by atoms with van der Waals surface area (Å²) in [5.74, 6) is -3.32. The lowest BCUT2D eigenvalue weighted by molar-refractivity contribution is 0.219. The average molecular weight is 248 g/mol. The predicted molar refractivity (Wildman–Crippen MR) is 50.0 cm³/mol. The van der Waals surface area contributed by atoms with Crippen molar-refractivity contribution < 1.29 is 17.2 Å². The highest BCUT2D eigenvalue weighted by molar-refractivity contribution is 7.89. The summed E-state index contributed by atoms with van der Waals surface area (Å²) in [6.07, 6.45) is 1.66. The molecule has 1 fully saturated rings. The number of nitrogens with zero attached hydrogens (tertiary/aromatic N) is 1. The van der Waals surface area contributed by atoms with Gasteiger partial charge >= 0.3 is 5.76 Å². The van der Waals surface area contributed by atoms with E-state index >= 15 is 0 Å². The first-order chi connectivity index (χ1) is 6.44. The molecule has 3 nitrogen and oxygen atoms in total. The minimum absolute atomic E-state index is 0.0981. The van der Waals surface area contributed by atoms with Crippen LogP contribution in [-0.2, 0) is 10.0 Å². The Morgan fingerprint density at radius 3 is 2.50 bits per heavy atom. The Labute approximate surface area is 87.1 Å². The summed E-state index contributed by atoms with van der Waals surface area (Å²) in [5.41, 5.74) is 0. The van der Waals surface area contributed by atoms with Crippen molar-refractivity contribution in [2.45, 2.75) is 30.4 Å². The smallest absolute Gasteiger partial charge is 0.206 e. The molecule has 14 heavy (non-hydrogen) atoms. The SMILES string of the molecule is O=S(=O)(C(F)F)N1CCCC(Cl)CC1. The number of halogens is 3. The van der Waals surface area contributed by atoms with Crippen molar-refractivity contribution in [2.24, 2.45) is 0 Å². The second kappa shape index (κ2) is 4.72. The molecule has 84 valence electrons. The molecule has 0 aliphatic carbocycles. The van der Waals surface area contributed by atoms with E-state index in [-0.39, 0.29) is 18.5 Å². The highest BCUT2D eigenvalue weighted by Gasteiger charge is 2.32. The minimum atomic E-state index is -4.41. The van der Waals surface area contributed by atoms with Crippen LogP contribution in [0.25, 0.3) is 0 Å². The van der Waals surface area contributed by atoms with Crippen LogP contribution in [-0.4, -0.2) is 36.9 Å². The second-order valence-electron chi connectivity index (χ2n) is 3.23. The lowest BCUT2D eigenvalue weighted by Crippen LogP contribution is -2.36. The molecule has 1 rings (SSSR count). The molecule has 7 heteroatoms. The summed E-state index contributed by atoms with van der Waals surface area (Å²) in [6, 6.07) is 0. The van der Waals surface area contributed by atoms with Crippen LogP contribution >= 0.6 is 11.6 Å². The molecule has 1 saturated heterocycles. The molecule has 0 radical (unpaired) electrons. The number of alkyl halides is 3. The fraction of sp³-hybridized carbons (Fsp3) is 1.00. The second-order valence-corrected chi connectivity index (χ2v) is 5.75. The van der Waals surface area contributed by atoms with Crippen LogP contribution in [0.4, 0.5) is 8.78 Å². The standard InChI is InChI=1S/C7H12ClF2NO2S/c8-6-2-1-4-11(5-3-6)14(12,13)7(9)10/h6-7H,1-5H2. The van der Waals surface area contributed by atoms with Gasteiger partial charge in [-0.05, 0) is 19.3 Å². The third-order valence-electron chi connectivity index (χ3n) is 2.20. The van der Waals surface area contributed by atoms with Gasteiger partial charge in [-0.2, -0.15) is 13.1 Å². The molecule has 1 unspecified atom stereocenters. The maximum absolute atomic E-state index is 12.2. The Morgan fingerprint density at radius 1 is 1.29 bits per heavy atom. The fourth-order valence-corrected chi connectivity index (χ4v) is 2.62. The Kier molecular flexibility index (Phi) is 4.09. The minimum Gasteiger partial charge on any atom is -0.206 e. The van der Waals surface area contributed by atoms with Crippen molar-refractivity contribution in [3.05, 3.63) is 0 Å². The van der Waals surface area contributed by atoms with E-state index in [4.69, 9.17) is 11.6 Å². The first-order valence-corrected chi connectivity index (χ1v) is 6.29. The molecule has 1 aliphatic heterocycles. The van der Waals surface area contributed by atoms with Crippen molar-refractivity contribution in [1.82, 2.24) is 4.31 Å². The predicted octanol–water partition coefficient (Wildman–Crippen LogP) is 1.63. The zero-order valence-corrected chi connectivity index (χ0v) is 9.07. The molecule has 1 atom stereocenters. The van der Waals surface area contributed by atoms with Crippen LogP contribution < -0.4 is 0 Å². The van der Waals surface area contributed by atoms with E-state index in [1.54, 1.807) is 0 Å². The number of rotatable bonds is 2. The van der Waals surface area contributed by atoms with Crippen LogP contribution in [0.3, 0.4) is 0 Å². The van der Waals surface area contributed by atoms with E-state index < -0.39 is 15.8 Å². The molecule has 0 aromatic heterocycles. The molecule has 0 amide bonds. The maximum Gasteiger partial charge on any atom is 0.350 e. The van der Waals surface area contributed by atoms with Gasteiger partial charge in [0.05, 0.1) is 0 Å². The zero-order valence-electron chi connectivity index (χ0n) is 7.50. The molecule has 0 saturated carbocycles. The van der Waals surface area contributed by atoms with Gasteiger partial charge in [0.25, 0.3) is 10.0 Å². The van der Waals surface area contributed by atoms with Crippen molar-refractivity contribution in [3.63, 3.8) is 0 Å². The zero-order chi connectivity index (χ0) is 10.8. The molecule has 0 aromatic carbocycles. The van der Waals surface area contributed by atoms with Crippen LogP contribution in [0.5, 0.6) is 0 Å². The number of hydrogen-bond donors (Lipinski definition) is 0. The van der Waals surface area contributed by atoms with Gasteiger partial charge in [-0.25, -0.2) is 8.42 Å². The van der Waals surface area contributed by atoms with Crippen LogP contribution in [0.1, 0.15) is 19.3 Å². The van der Waals surface area contributed by atoms with Crippen molar-refractivity contribution in [3.8, 4) is 0 Å². The molecule has 0 N–H and O–H groups in total. The summed E-state index contributed by atoms with van der Waals surface area (Å²) in [4.78, 5) is 0. The highest BCUT2D eigenvalue weighted by atomic mass is 35.5. The molecule has 0 spiro atoms. The molecular weight excluding hydrogens is 236 g/mol. The summed E-state index contributed by atoms with van der Waals surface area (Å²) in [7, 11) is -4.41. The number of sulfonamides is 1. The van der Waals surface area contributed by atoms with Gasteiger partial charge in [-0.1, -0.05) is 0 Å². The summed E-state index contributed by atoms with van der Waals surface area (Å²) in [6.45, 7) is 0.247. The van der Waals surface area contributed by atoms with Gasteiger partial charge in [0.15, 0.2) is 0 Å². The van der Waals surface area contributed by atoms with Crippen LogP contribution in [0, 0.1) is 0 Å². The molecule has 0 aromatic rings. The lowest BCUT2D eigenvalue weighted by Gasteiger charge is -2.18. The largest absolute Gasteiger partial charge is 0.350 e. The Hall–Kier alpha value is 0.0600. The van der Waals surface area contributed by atoms with E-state index in [9.17, 15) is 17.2 Å². The topological polar surface area (TPSA) is 37.4 Å². The van der Waals surface area contributed by atoms with Crippen molar-refractivity contribution in [2.75, 3.05) is 13.1 Å². The Morgan fingerprint density at radius 2 is 1.93 bits per heavy atom. The fourth-order valence-electron chi connectivity index (χ4n) is 1.40. The van der Waals surface area contributed by atoms with Gasteiger partial charge in [-0.15, -0.1) is 11.6 Å². The summed E-state index contributed by atoms with van der Waals surface area (Å²) < 4.78 is 47.3. The van der Waals surface area contributed by atoms with Gasteiger partial charge in [0.1, 0.15) is 0 Å². The Balaban J connectivity index is 2.69. The van der Waals surface area contributed by atoms with Crippen molar-refractivity contribution >= 4 is 21.6 Å². The van der Waals surface area contributed by atoms with E-state index in [1.165, 1.54) is 0 Å². The monoisotopic (exact) mass is 247 g/mol. The quantitative estimate of drug-likeness (QED) is 0.696. The van der Waals surface area contributed by atoms with E-state index in [0.29, 0.717) is 19.3 Å². The number of hydrogen-bond acceptors (Lipinski definition) is 2. The van der Waals surface area contributed by atoms with Gasteiger partial charge < -0.3 is 0 Å². The van der Waals surface area contributed by atoms with Crippen LogP contribution in [0.2, 0.25) is 0 Å². The maximum atomic E-state index is 12.2. The molecular formula is C7H12ClF2NO2S.